The molecule has 2 rings (SSSR count). The van der Waals surface area contributed by atoms with Crippen LogP contribution >= 0.6 is 0 Å². The monoisotopic (exact) mass is 122 g/mol. The lowest BCUT2D eigenvalue weighted by Gasteiger charge is -1.71. The van der Waals surface area contributed by atoms with Crippen LogP contribution in [0, 0.1) is 6.92 Å². The van der Waals surface area contributed by atoms with E-state index in [-0.39, 0.29) is 0 Å². The molecular formula is C6H6N2O. The minimum atomic E-state index is 0.799. The maximum atomic E-state index is 5.21. The predicted octanol–water partition coefficient (Wildman–Crippen LogP) is 1.24. The largest absolute Gasteiger partial charge is 0.442 e. The lowest BCUT2D eigenvalue weighted by atomic mass is 10.6. The van der Waals surface area contributed by atoms with Crippen LogP contribution in [0.2, 0.25) is 0 Å². The van der Waals surface area contributed by atoms with Crippen molar-refractivity contribution in [2.24, 2.45) is 0 Å². The number of aryl methyl sites for hydroxylation is 1. The molecule has 0 aromatic carbocycles. The molecule has 0 amide bonds. The van der Waals surface area contributed by atoms with Crippen molar-refractivity contribution in [3.05, 3.63) is 24.5 Å². The summed E-state index contributed by atoms with van der Waals surface area (Å²) in [4.78, 5) is 3.87. The molecule has 0 spiro atoms. The van der Waals surface area contributed by atoms with Gasteiger partial charge in [-0.25, -0.2) is 4.98 Å². The zero-order chi connectivity index (χ0) is 6.27. The molecule has 0 radical (unpaired) electrons. The lowest BCUT2D eigenvalue weighted by Crippen LogP contribution is -1.67. The van der Waals surface area contributed by atoms with Crippen molar-refractivity contribution in [1.82, 2.24) is 9.38 Å². The maximum Gasteiger partial charge on any atom is 0.223 e. The van der Waals surface area contributed by atoms with Crippen molar-refractivity contribution in [2.75, 3.05) is 0 Å². The maximum absolute atomic E-state index is 5.21. The highest BCUT2D eigenvalue weighted by Gasteiger charge is 1.95. The van der Waals surface area contributed by atoms with Crippen molar-refractivity contribution in [1.29, 1.82) is 0 Å². The van der Waals surface area contributed by atoms with Gasteiger partial charge in [0, 0.05) is 0 Å². The van der Waals surface area contributed by atoms with Gasteiger partial charge in [0.1, 0.15) is 12.1 Å². The van der Waals surface area contributed by atoms with E-state index < -0.39 is 0 Å². The van der Waals surface area contributed by atoms with Crippen LogP contribution in [0.3, 0.4) is 0 Å². The van der Waals surface area contributed by atoms with Gasteiger partial charge in [0.15, 0.2) is 0 Å². The Kier molecular flexibility index (Phi) is 0.704. The summed E-state index contributed by atoms with van der Waals surface area (Å²) in [6, 6.07) is 0. The molecule has 0 bridgehead atoms. The molecule has 0 aliphatic carbocycles. The van der Waals surface area contributed by atoms with Gasteiger partial charge in [-0.3, -0.25) is 4.40 Å². The second-order valence-electron chi connectivity index (χ2n) is 1.98. The number of oxazole rings is 1. The van der Waals surface area contributed by atoms with Gasteiger partial charge < -0.3 is 4.42 Å². The molecular weight excluding hydrogens is 116 g/mol. The zero-order valence-electron chi connectivity index (χ0n) is 5.03. The molecule has 0 saturated heterocycles. The average molecular weight is 122 g/mol. The van der Waals surface area contributed by atoms with Crippen LogP contribution in [0.15, 0.2) is 23.1 Å². The number of fused-ring (bicyclic) bond motifs is 1. The van der Waals surface area contributed by atoms with Crippen molar-refractivity contribution in [2.45, 2.75) is 6.92 Å². The van der Waals surface area contributed by atoms with E-state index >= 15 is 0 Å². The van der Waals surface area contributed by atoms with Gasteiger partial charge in [0.25, 0.3) is 0 Å². The van der Waals surface area contributed by atoms with E-state index in [0.717, 1.165) is 11.5 Å². The third-order valence-corrected chi connectivity index (χ3v) is 1.22. The molecule has 3 nitrogen and oxygen atoms in total. The summed E-state index contributed by atoms with van der Waals surface area (Å²) in [5.41, 5.74) is 0.799. The molecule has 0 aliphatic heterocycles. The van der Waals surface area contributed by atoms with E-state index in [1.807, 2.05) is 17.5 Å². The first-order valence-electron chi connectivity index (χ1n) is 2.74. The lowest BCUT2D eigenvalue weighted by molar-refractivity contribution is 0.573. The third-order valence-electron chi connectivity index (χ3n) is 1.22. The number of rotatable bonds is 0. The van der Waals surface area contributed by atoms with Crippen LogP contribution in [0.1, 0.15) is 5.76 Å². The van der Waals surface area contributed by atoms with Crippen LogP contribution in [-0.2, 0) is 0 Å². The number of hydrogen-bond acceptors (Lipinski definition) is 2. The van der Waals surface area contributed by atoms with Crippen molar-refractivity contribution >= 4 is 5.71 Å². The Morgan fingerprint density at radius 2 is 2.56 bits per heavy atom. The van der Waals surface area contributed by atoms with Gasteiger partial charge in [0.05, 0.1) is 12.4 Å². The molecule has 0 N–H and O–H groups in total. The highest BCUT2D eigenvalue weighted by molar-refractivity contribution is 5.30. The smallest absolute Gasteiger partial charge is 0.223 e. The fourth-order valence-electron chi connectivity index (χ4n) is 0.856. The van der Waals surface area contributed by atoms with E-state index in [1.165, 1.54) is 0 Å². The van der Waals surface area contributed by atoms with Crippen molar-refractivity contribution in [3.63, 3.8) is 0 Å². The second kappa shape index (κ2) is 1.37. The van der Waals surface area contributed by atoms with Gasteiger partial charge in [-0.2, -0.15) is 0 Å². The molecule has 3 heteroatoms. The predicted molar refractivity (Wildman–Crippen MR) is 32.2 cm³/mol. The number of hydrogen-bond donors (Lipinski definition) is 0. The Labute approximate surface area is 51.9 Å². The van der Waals surface area contributed by atoms with Crippen LogP contribution in [0.5, 0.6) is 0 Å². The summed E-state index contributed by atoms with van der Waals surface area (Å²) in [5.74, 6) is 0.910. The molecule has 0 aliphatic rings. The minimum absolute atomic E-state index is 0.799. The van der Waals surface area contributed by atoms with E-state index in [2.05, 4.69) is 4.98 Å². The van der Waals surface area contributed by atoms with Gasteiger partial charge in [-0.15, -0.1) is 0 Å². The van der Waals surface area contributed by atoms with E-state index in [4.69, 9.17) is 4.42 Å². The number of nitrogens with zero attached hydrogens (tertiary/aromatic N) is 2. The Bertz CT molecular complexity index is 292. The molecule has 2 aromatic heterocycles. The molecule has 0 unspecified atom stereocenters. The third kappa shape index (κ3) is 0.543. The van der Waals surface area contributed by atoms with Crippen LogP contribution in [0.25, 0.3) is 5.71 Å². The zero-order valence-corrected chi connectivity index (χ0v) is 5.03. The Hall–Kier alpha value is -1.25. The summed E-state index contributed by atoms with van der Waals surface area (Å²) in [6.45, 7) is 1.91. The summed E-state index contributed by atoms with van der Waals surface area (Å²) in [7, 11) is 0. The summed E-state index contributed by atoms with van der Waals surface area (Å²) >= 11 is 0. The van der Waals surface area contributed by atoms with Crippen LogP contribution < -0.4 is 0 Å². The van der Waals surface area contributed by atoms with Crippen molar-refractivity contribution in [3.8, 4) is 0 Å². The Balaban J connectivity index is 2.92. The summed E-state index contributed by atoms with van der Waals surface area (Å²) in [5, 5.41) is 0. The minimum Gasteiger partial charge on any atom is -0.442 e. The topological polar surface area (TPSA) is 30.4 Å². The first-order valence-corrected chi connectivity index (χ1v) is 2.74. The van der Waals surface area contributed by atoms with E-state index in [9.17, 15) is 0 Å². The van der Waals surface area contributed by atoms with Crippen LogP contribution in [0.4, 0.5) is 0 Å². The number of aromatic nitrogens is 2. The molecule has 2 aromatic rings. The van der Waals surface area contributed by atoms with Gasteiger partial charge in [-0.05, 0) is 6.92 Å². The normalized spacial score (nSPS) is 10.8. The van der Waals surface area contributed by atoms with E-state index in [1.54, 1.807) is 12.5 Å². The standard InChI is InChI=1S/C6H6N2O/c1-5-3-8-4-7-2-6(8)9-5/h2-4H,1H3. The summed E-state index contributed by atoms with van der Waals surface area (Å²) < 4.78 is 7.05. The van der Waals surface area contributed by atoms with Crippen LogP contribution in [-0.4, -0.2) is 9.38 Å². The quantitative estimate of drug-likeness (QED) is 0.526. The highest BCUT2D eigenvalue weighted by atomic mass is 16.3. The molecule has 0 atom stereocenters. The molecule has 2 heterocycles. The fraction of sp³-hybridized carbons (Fsp3) is 0.167. The van der Waals surface area contributed by atoms with Gasteiger partial charge in [-0.1, -0.05) is 0 Å². The Morgan fingerprint density at radius 1 is 1.67 bits per heavy atom. The summed E-state index contributed by atoms with van der Waals surface area (Å²) in [6.07, 6.45) is 5.29. The van der Waals surface area contributed by atoms with E-state index in [0.29, 0.717) is 0 Å². The Morgan fingerprint density at radius 3 is 3.33 bits per heavy atom. The SMILES string of the molecule is Cc1cn2cncc2o1. The fourth-order valence-corrected chi connectivity index (χ4v) is 0.856. The van der Waals surface area contributed by atoms with Gasteiger partial charge in [0.2, 0.25) is 5.71 Å². The first-order chi connectivity index (χ1) is 4.36. The molecule has 0 saturated carbocycles. The average Bonchev–Trinajstić information content (AvgIpc) is 2.22. The number of imidazole rings is 1. The molecule has 0 fully saturated rings. The highest BCUT2D eigenvalue weighted by Crippen LogP contribution is 2.06. The van der Waals surface area contributed by atoms with Gasteiger partial charge >= 0.3 is 0 Å². The first kappa shape index (κ1) is 4.61. The molecule has 46 valence electrons. The molecule has 9 heavy (non-hydrogen) atoms. The second-order valence-corrected chi connectivity index (χ2v) is 1.98. The van der Waals surface area contributed by atoms with Crippen molar-refractivity contribution < 1.29 is 4.42 Å².